The summed E-state index contributed by atoms with van der Waals surface area (Å²) in [6, 6.07) is 6.41. The molecule has 1 saturated heterocycles. The van der Waals surface area contributed by atoms with Crippen LogP contribution in [0.5, 0.6) is 0 Å². The number of carbonyl (C=O) groups excluding carboxylic acids is 1. The van der Waals surface area contributed by atoms with Crippen LogP contribution in [0.1, 0.15) is 73.6 Å². The van der Waals surface area contributed by atoms with Gasteiger partial charge in [-0.1, -0.05) is 25.7 Å². The molecule has 4 rings (SSSR count). The summed E-state index contributed by atoms with van der Waals surface area (Å²) in [5, 5.41) is 14.8. The van der Waals surface area contributed by atoms with Crippen molar-refractivity contribution in [2.75, 3.05) is 13.1 Å². The lowest BCUT2D eigenvalue weighted by molar-refractivity contribution is 0.0948. The van der Waals surface area contributed by atoms with Crippen molar-refractivity contribution in [2.24, 2.45) is 0 Å². The number of amides is 1. The van der Waals surface area contributed by atoms with Crippen LogP contribution in [0.4, 0.5) is 0 Å². The molecule has 30 heavy (non-hydrogen) atoms. The first-order valence-corrected chi connectivity index (χ1v) is 12.1. The standard InChI is InChI=1S/C20H28N6O3S/c27-20(21-15-19-22-23-24-26(19)17-7-3-1-4-8-17)16-9-11-18(12-10-16)30(28,29)25-13-5-2-6-14-25/h9-12,17H,1-8,13-15H2,(H,21,27). The van der Waals surface area contributed by atoms with Gasteiger partial charge in [0.1, 0.15) is 0 Å². The number of piperidine rings is 1. The molecule has 1 N–H and O–H groups in total. The summed E-state index contributed by atoms with van der Waals surface area (Å²) in [7, 11) is -3.50. The van der Waals surface area contributed by atoms with Gasteiger partial charge in [-0.15, -0.1) is 5.10 Å². The number of benzene rings is 1. The molecule has 1 amide bonds. The fourth-order valence-corrected chi connectivity index (χ4v) is 5.75. The lowest BCUT2D eigenvalue weighted by atomic mass is 9.95. The average Bonchev–Trinajstić information content (AvgIpc) is 3.27. The lowest BCUT2D eigenvalue weighted by Crippen LogP contribution is -2.35. The van der Waals surface area contributed by atoms with Crippen molar-refractivity contribution < 1.29 is 13.2 Å². The summed E-state index contributed by atoms with van der Waals surface area (Å²) >= 11 is 0. The van der Waals surface area contributed by atoms with Gasteiger partial charge in [0.05, 0.1) is 17.5 Å². The number of carbonyl (C=O) groups is 1. The molecule has 1 aliphatic carbocycles. The molecule has 0 atom stereocenters. The summed E-state index contributed by atoms with van der Waals surface area (Å²) in [6.07, 6.45) is 8.54. The van der Waals surface area contributed by atoms with Gasteiger partial charge >= 0.3 is 0 Å². The predicted octanol–water partition coefficient (Wildman–Crippen LogP) is 2.28. The molecule has 2 aliphatic rings. The van der Waals surface area contributed by atoms with E-state index in [-0.39, 0.29) is 17.3 Å². The maximum atomic E-state index is 12.7. The summed E-state index contributed by atoms with van der Waals surface area (Å²) < 4.78 is 28.8. The second kappa shape index (κ2) is 9.22. The highest BCUT2D eigenvalue weighted by Crippen LogP contribution is 2.27. The normalized spacial score (nSPS) is 18.9. The largest absolute Gasteiger partial charge is 0.345 e. The maximum Gasteiger partial charge on any atom is 0.251 e. The number of sulfonamides is 1. The molecule has 1 aromatic carbocycles. The van der Waals surface area contributed by atoms with Crippen LogP contribution < -0.4 is 5.32 Å². The molecule has 2 heterocycles. The zero-order valence-corrected chi connectivity index (χ0v) is 17.9. The van der Waals surface area contributed by atoms with E-state index in [0.717, 1.165) is 32.1 Å². The van der Waals surface area contributed by atoms with E-state index in [2.05, 4.69) is 20.8 Å². The van der Waals surface area contributed by atoms with Gasteiger partial charge in [-0.05, 0) is 60.4 Å². The fraction of sp³-hybridized carbons (Fsp3) is 0.600. The van der Waals surface area contributed by atoms with Gasteiger partial charge in [-0.25, -0.2) is 13.1 Å². The van der Waals surface area contributed by atoms with E-state index in [9.17, 15) is 13.2 Å². The van der Waals surface area contributed by atoms with Crippen molar-refractivity contribution in [1.82, 2.24) is 29.8 Å². The highest BCUT2D eigenvalue weighted by atomic mass is 32.2. The van der Waals surface area contributed by atoms with Crippen LogP contribution in [0.25, 0.3) is 0 Å². The van der Waals surface area contributed by atoms with Crippen molar-refractivity contribution in [2.45, 2.75) is 68.8 Å². The minimum Gasteiger partial charge on any atom is -0.345 e. The van der Waals surface area contributed by atoms with Crippen molar-refractivity contribution in [3.8, 4) is 0 Å². The van der Waals surface area contributed by atoms with E-state index >= 15 is 0 Å². The van der Waals surface area contributed by atoms with Crippen LogP contribution in [-0.4, -0.2) is 51.9 Å². The molecule has 0 bridgehead atoms. The van der Waals surface area contributed by atoms with Crippen molar-refractivity contribution in [1.29, 1.82) is 0 Å². The lowest BCUT2D eigenvalue weighted by Gasteiger charge is -2.25. The first kappa shape index (κ1) is 20.9. The Bertz CT molecular complexity index is 961. The smallest absolute Gasteiger partial charge is 0.251 e. The Balaban J connectivity index is 1.38. The third-order valence-electron chi connectivity index (χ3n) is 5.96. The molecule has 9 nitrogen and oxygen atoms in total. The van der Waals surface area contributed by atoms with Crippen molar-refractivity contribution >= 4 is 15.9 Å². The van der Waals surface area contributed by atoms with Crippen LogP contribution in [0, 0.1) is 0 Å². The zero-order chi connectivity index (χ0) is 21.0. The van der Waals surface area contributed by atoms with Crippen LogP contribution >= 0.6 is 0 Å². The Morgan fingerprint density at radius 2 is 1.67 bits per heavy atom. The van der Waals surface area contributed by atoms with Crippen molar-refractivity contribution in [3.05, 3.63) is 35.7 Å². The Hall–Kier alpha value is -2.33. The number of tetrazole rings is 1. The first-order valence-electron chi connectivity index (χ1n) is 10.7. The molecular formula is C20H28N6O3S. The van der Waals surface area contributed by atoms with Gasteiger partial charge in [0, 0.05) is 18.7 Å². The molecule has 1 aromatic heterocycles. The summed E-state index contributed by atoms with van der Waals surface area (Å²) in [6.45, 7) is 1.34. The SMILES string of the molecule is O=C(NCc1nnnn1C1CCCCC1)c1ccc(S(=O)(=O)N2CCCCC2)cc1. The third kappa shape index (κ3) is 4.54. The first-order chi connectivity index (χ1) is 14.6. The molecule has 1 aliphatic heterocycles. The fourth-order valence-electron chi connectivity index (χ4n) is 4.23. The second-order valence-electron chi connectivity index (χ2n) is 8.00. The maximum absolute atomic E-state index is 12.7. The molecule has 2 fully saturated rings. The number of nitrogens with zero attached hydrogens (tertiary/aromatic N) is 5. The monoisotopic (exact) mass is 432 g/mol. The minimum absolute atomic E-state index is 0.224. The zero-order valence-electron chi connectivity index (χ0n) is 17.0. The molecule has 0 spiro atoms. The summed E-state index contributed by atoms with van der Waals surface area (Å²) in [5.41, 5.74) is 0.407. The number of rotatable bonds is 6. The van der Waals surface area contributed by atoms with Gasteiger partial charge in [-0.3, -0.25) is 4.79 Å². The Labute approximate surface area is 176 Å². The van der Waals surface area contributed by atoms with E-state index in [0.29, 0.717) is 30.5 Å². The predicted molar refractivity (Wildman–Crippen MR) is 110 cm³/mol. The quantitative estimate of drug-likeness (QED) is 0.750. The molecule has 162 valence electrons. The van der Waals surface area contributed by atoms with E-state index in [1.54, 1.807) is 12.1 Å². The van der Waals surface area contributed by atoms with E-state index in [4.69, 9.17) is 0 Å². The van der Waals surface area contributed by atoms with Crippen LogP contribution in [0.2, 0.25) is 0 Å². The Kier molecular flexibility index (Phi) is 6.43. The Morgan fingerprint density at radius 1 is 1.00 bits per heavy atom. The van der Waals surface area contributed by atoms with Crippen LogP contribution in [0.15, 0.2) is 29.2 Å². The van der Waals surface area contributed by atoms with Crippen LogP contribution in [0.3, 0.4) is 0 Å². The molecule has 10 heteroatoms. The average molecular weight is 433 g/mol. The molecular weight excluding hydrogens is 404 g/mol. The number of nitrogens with one attached hydrogen (secondary N) is 1. The Morgan fingerprint density at radius 3 is 2.37 bits per heavy atom. The minimum atomic E-state index is -3.50. The van der Waals surface area contributed by atoms with E-state index < -0.39 is 10.0 Å². The number of aromatic nitrogens is 4. The second-order valence-corrected chi connectivity index (χ2v) is 9.94. The highest BCUT2D eigenvalue weighted by molar-refractivity contribution is 7.89. The van der Waals surface area contributed by atoms with Crippen molar-refractivity contribution in [3.63, 3.8) is 0 Å². The third-order valence-corrected chi connectivity index (χ3v) is 7.87. The van der Waals surface area contributed by atoms with E-state index in [1.807, 2.05) is 4.68 Å². The van der Waals surface area contributed by atoms with E-state index in [1.165, 1.54) is 35.7 Å². The van der Waals surface area contributed by atoms with Crippen LogP contribution in [-0.2, 0) is 16.6 Å². The van der Waals surface area contributed by atoms with Gasteiger partial charge in [0.25, 0.3) is 5.91 Å². The molecule has 2 aromatic rings. The highest BCUT2D eigenvalue weighted by Gasteiger charge is 2.26. The number of hydrogen-bond donors (Lipinski definition) is 1. The molecule has 0 radical (unpaired) electrons. The van der Waals surface area contributed by atoms with Gasteiger partial charge in [0.15, 0.2) is 5.82 Å². The molecule has 0 unspecified atom stereocenters. The summed E-state index contributed by atoms with van der Waals surface area (Å²) in [5.74, 6) is 0.356. The van der Waals surface area contributed by atoms with Gasteiger partial charge < -0.3 is 5.32 Å². The number of hydrogen-bond acceptors (Lipinski definition) is 6. The summed E-state index contributed by atoms with van der Waals surface area (Å²) in [4.78, 5) is 12.8. The molecule has 1 saturated carbocycles. The van der Waals surface area contributed by atoms with Gasteiger partial charge in [0.2, 0.25) is 10.0 Å². The van der Waals surface area contributed by atoms with Gasteiger partial charge in [-0.2, -0.15) is 4.31 Å². The topological polar surface area (TPSA) is 110 Å².